The quantitative estimate of drug-likeness (QED) is 0.911. The molecular weight excluding hydrogens is 238 g/mol. The topological polar surface area (TPSA) is 55.6 Å². The number of hydrogen-bond acceptors (Lipinski definition) is 4. The normalized spacial score (nSPS) is 29.7. The van der Waals surface area contributed by atoms with E-state index in [1.807, 2.05) is 6.33 Å². The van der Waals surface area contributed by atoms with Crippen molar-refractivity contribution < 1.29 is 0 Å². The van der Waals surface area contributed by atoms with Gasteiger partial charge in [-0.1, -0.05) is 0 Å². The molecule has 0 aromatic carbocycles. The molecule has 0 spiro atoms. The molecule has 0 saturated heterocycles. The molecule has 2 atom stereocenters. The highest BCUT2D eigenvalue weighted by molar-refractivity contribution is 5.83. The summed E-state index contributed by atoms with van der Waals surface area (Å²) in [7, 11) is 0. The Morgan fingerprint density at radius 2 is 2.00 bits per heavy atom. The van der Waals surface area contributed by atoms with Crippen LogP contribution in [0.15, 0.2) is 12.7 Å². The summed E-state index contributed by atoms with van der Waals surface area (Å²) in [6.45, 7) is 0. The summed E-state index contributed by atoms with van der Waals surface area (Å²) in [5, 5.41) is 3.58. The highest BCUT2D eigenvalue weighted by Crippen LogP contribution is 2.51. The summed E-state index contributed by atoms with van der Waals surface area (Å²) < 4.78 is 2.20. The van der Waals surface area contributed by atoms with Gasteiger partial charge in [0.25, 0.3) is 0 Å². The molecule has 5 heteroatoms. The molecule has 0 radical (unpaired) electrons. The molecule has 0 aliphatic heterocycles. The molecule has 0 amide bonds. The molecule has 2 aromatic heterocycles. The number of rotatable bonds is 4. The van der Waals surface area contributed by atoms with Crippen LogP contribution in [0.4, 0.5) is 5.82 Å². The third kappa shape index (κ3) is 1.64. The second kappa shape index (κ2) is 3.46. The largest absolute Gasteiger partial charge is 0.365 e. The fraction of sp³-hybridized carbons (Fsp3) is 0.643. The van der Waals surface area contributed by atoms with Crippen molar-refractivity contribution in [3.05, 3.63) is 12.7 Å². The fourth-order valence-corrected chi connectivity index (χ4v) is 3.18. The SMILES string of the molecule is c1nc(N[C@@H]2C[C@H]2C2CC2)c2ncn(C3CC3)c2n1. The summed E-state index contributed by atoms with van der Waals surface area (Å²) in [4.78, 5) is 13.3. The predicted octanol–water partition coefficient (Wildman–Crippen LogP) is 2.37. The Hall–Kier alpha value is -1.65. The molecule has 3 aliphatic rings. The first-order valence-corrected chi connectivity index (χ1v) is 7.34. The van der Waals surface area contributed by atoms with Crippen molar-refractivity contribution in [3.8, 4) is 0 Å². The van der Waals surface area contributed by atoms with Gasteiger partial charge in [-0.05, 0) is 43.9 Å². The van der Waals surface area contributed by atoms with Crippen LogP contribution in [-0.2, 0) is 0 Å². The van der Waals surface area contributed by atoms with E-state index in [1.54, 1.807) is 6.33 Å². The van der Waals surface area contributed by atoms with Crippen LogP contribution in [0.2, 0.25) is 0 Å². The van der Waals surface area contributed by atoms with E-state index in [1.165, 1.54) is 32.1 Å². The number of nitrogens with one attached hydrogen (secondary N) is 1. The van der Waals surface area contributed by atoms with Crippen molar-refractivity contribution in [1.82, 2.24) is 19.5 Å². The molecule has 3 saturated carbocycles. The lowest BCUT2D eigenvalue weighted by atomic mass is 10.3. The van der Waals surface area contributed by atoms with Crippen molar-refractivity contribution in [3.63, 3.8) is 0 Å². The molecule has 19 heavy (non-hydrogen) atoms. The number of fused-ring (bicyclic) bond motifs is 1. The van der Waals surface area contributed by atoms with Gasteiger partial charge in [-0.25, -0.2) is 15.0 Å². The Labute approximate surface area is 111 Å². The summed E-state index contributed by atoms with van der Waals surface area (Å²) >= 11 is 0. The predicted molar refractivity (Wildman–Crippen MR) is 71.8 cm³/mol. The van der Waals surface area contributed by atoms with E-state index in [0.717, 1.165) is 28.8 Å². The number of nitrogens with zero attached hydrogens (tertiary/aromatic N) is 4. The van der Waals surface area contributed by atoms with Crippen molar-refractivity contribution in [2.75, 3.05) is 5.32 Å². The average molecular weight is 255 g/mol. The second-order valence-electron chi connectivity index (χ2n) is 6.27. The van der Waals surface area contributed by atoms with Crippen LogP contribution in [0.1, 0.15) is 38.1 Å². The molecule has 2 aromatic rings. The fourth-order valence-electron chi connectivity index (χ4n) is 3.18. The van der Waals surface area contributed by atoms with Gasteiger partial charge in [0, 0.05) is 12.1 Å². The second-order valence-corrected chi connectivity index (χ2v) is 6.27. The number of aromatic nitrogens is 4. The van der Waals surface area contributed by atoms with E-state index < -0.39 is 0 Å². The molecule has 0 unspecified atom stereocenters. The third-order valence-electron chi connectivity index (χ3n) is 4.69. The van der Waals surface area contributed by atoms with Gasteiger partial charge in [0.2, 0.25) is 0 Å². The van der Waals surface area contributed by atoms with Crippen LogP contribution < -0.4 is 5.32 Å². The van der Waals surface area contributed by atoms with Gasteiger partial charge in [-0.15, -0.1) is 0 Å². The van der Waals surface area contributed by atoms with Gasteiger partial charge in [0.1, 0.15) is 11.8 Å². The Bertz CT molecular complexity index is 640. The number of imidazole rings is 1. The maximum atomic E-state index is 4.52. The molecule has 5 nitrogen and oxygen atoms in total. The summed E-state index contributed by atoms with van der Waals surface area (Å²) in [5.41, 5.74) is 1.93. The lowest BCUT2D eigenvalue weighted by molar-refractivity contribution is 0.697. The Kier molecular flexibility index (Phi) is 1.85. The van der Waals surface area contributed by atoms with Crippen LogP contribution in [0, 0.1) is 11.8 Å². The van der Waals surface area contributed by atoms with Crippen LogP contribution in [0.5, 0.6) is 0 Å². The molecule has 3 fully saturated rings. The summed E-state index contributed by atoms with van der Waals surface area (Å²) in [5.74, 6) is 2.80. The average Bonchev–Trinajstić information content (AvgIpc) is 3.26. The van der Waals surface area contributed by atoms with Crippen molar-refractivity contribution in [2.24, 2.45) is 11.8 Å². The monoisotopic (exact) mass is 255 g/mol. The number of hydrogen-bond donors (Lipinski definition) is 1. The van der Waals surface area contributed by atoms with Gasteiger partial charge in [0.05, 0.1) is 6.33 Å². The van der Waals surface area contributed by atoms with Crippen molar-refractivity contribution >= 4 is 17.0 Å². The lowest BCUT2D eigenvalue weighted by Crippen LogP contribution is -2.08. The minimum Gasteiger partial charge on any atom is -0.365 e. The first-order valence-electron chi connectivity index (χ1n) is 7.34. The van der Waals surface area contributed by atoms with Gasteiger partial charge in [-0.2, -0.15) is 0 Å². The van der Waals surface area contributed by atoms with Crippen LogP contribution >= 0.6 is 0 Å². The van der Waals surface area contributed by atoms with E-state index >= 15 is 0 Å². The molecule has 5 rings (SSSR count). The highest BCUT2D eigenvalue weighted by atomic mass is 15.2. The Morgan fingerprint density at radius 1 is 1.11 bits per heavy atom. The van der Waals surface area contributed by atoms with E-state index in [0.29, 0.717) is 12.1 Å². The van der Waals surface area contributed by atoms with E-state index in [9.17, 15) is 0 Å². The third-order valence-corrected chi connectivity index (χ3v) is 4.69. The van der Waals surface area contributed by atoms with E-state index in [4.69, 9.17) is 0 Å². The zero-order chi connectivity index (χ0) is 12.4. The van der Waals surface area contributed by atoms with Gasteiger partial charge in [-0.3, -0.25) is 0 Å². The van der Waals surface area contributed by atoms with Gasteiger partial charge in [0.15, 0.2) is 11.5 Å². The first-order chi connectivity index (χ1) is 9.40. The Morgan fingerprint density at radius 3 is 2.79 bits per heavy atom. The maximum Gasteiger partial charge on any atom is 0.165 e. The van der Waals surface area contributed by atoms with Crippen molar-refractivity contribution in [2.45, 2.75) is 44.2 Å². The molecule has 1 N–H and O–H groups in total. The summed E-state index contributed by atoms with van der Waals surface area (Å²) in [6.07, 6.45) is 10.3. The minimum absolute atomic E-state index is 0.618. The zero-order valence-electron chi connectivity index (χ0n) is 10.8. The highest BCUT2D eigenvalue weighted by Gasteiger charge is 2.47. The first kappa shape index (κ1) is 10.2. The van der Waals surface area contributed by atoms with Crippen LogP contribution in [0.25, 0.3) is 11.2 Å². The number of anilines is 1. The van der Waals surface area contributed by atoms with E-state index in [-0.39, 0.29) is 0 Å². The molecule has 3 aliphatic carbocycles. The van der Waals surface area contributed by atoms with Gasteiger partial charge >= 0.3 is 0 Å². The standard InChI is InChI=1S/C14H17N5/c1-2-8(1)10-5-11(10)18-13-12-14(16-6-15-13)19(7-17-12)9-3-4-9/h6-11H,1-5H2,(H,15,16,18)/t10-,11+/m0/s1. The van der Waals surface area contributed by atoms with Crippen LogP contribution in [0.3, 0.4) is 0 Å². The maximum absolute atomic E-state index is 4.52. The molecule has 0 bridgehead atoms. The Balaban J connectivity index is 1.46. The minimum atomic E-state index is 0.618. The molecule has 2 heterocycles. The van der Waals surface area contributed by atoms with Gasteiger partial charge < -0.3 is 9.88 Å². The smallest absolute Gasteiger partial charge is 0.165 e. The molecule has 98 valence electrons. The summed E-state index contributed by atoms with van der Waals surface area (Å²) in [6, 6.07) is 1.24. The van der Waals surface area contributed by atoms with Crippen LogP contribution in [-0.4, -0.2) is 25.6 Å². The molecular formula is C14H17N5. The zero-order valence-corrected chi connectivity index (χ0v) is 10.8. The van der Waals surface area contributed by atoms with Crippen molar-refractivity contribution in [1.29, 1.82) is 0 Å². The lowest BCUT2D eigenvalue weighted by Gasteiger charge is -2.05. The van der Waals surface area contributed by atoms with E-state index in [2.05, 4.69) is 24.8 Å².